The Kier molecular flexibility index (Phi) is 3.99. The van der Waals surface area contributed by atoms with Crippen molar-refractivity contribution in [2.24, 2.45) is 46.3 Å². The summed E-state index contributed by atoms with van der Waals surface area (Å²) in [5, 5.41) is 19.6. The van der Waals surface area contributed by atoms with Gasteiger partial charge in [0, 0.05) is 11.9 Å². The molecule has 4 fully saturated rings. The summed E-state index contributed by atoms with van der Waals surface area (Å²) in [7, 11) is 0. The van der Waals surface area contributed by atoms with Gasteiger partial charge in [0.15, 0.2) is 0 Å². The van der Waals surface area contributed by atoms with Crippen molar-refractivity contribution in [3.63, 3.8) is 0 Å². The van der Waals surface area contributed by atoms with Crippen molar-refractivity contribution in [2.75, 3.05) is 0 Å². The Hall–Kier alpha value is -0.570. The highest BCUT2D eigenvalue weighted by Gasteiger charge is 2.60. The van der Waals surface area contributed by atoms with Gasteiger partial charge in [-0.2, -0.15) is 0 Å². The predicted molar refractivity (Wildman–Crippen MR) is 107 cm³/mol. The van der Waals surface area contributed by atoms with Crippen LogP contribution in [0.3, 0.4) is 0 Å². The fraction of sp³-hybridized carbons (Fsp3) is 0.958. The van der Waals surface area contributed by atoms with E-state index in [1.54, 1.807) is 0 Å². The first-order valence-corrected chi connectivity index (χ1v) is 11.1. The van der Waals surface area contributed by atoms with Crippen LogP contribution in [0.25, 0.3) is 0 Å². The lowest BCUT2D eigenvalue weighted by Gasteiger charge is -2.61. The first-order chi connectivity index (χ1) is 14.2. The van der Waals surface area contributed by atoms with E-state index in [4.69, 9.17) is 10.6 Å². The summed E-state index contributed by atoms with van der Waals surface area (Å²) in [5.41, 5.74) is -0.224. The predicted octanol–water partition coefficient (Wildman–Crippen LogP) is 5.51. The Balaban J connectivity index is 1.59. The first kappa shape index (κ1) is 15.3. The molecule has 4 saturated carbocycles. The summed E-state index contributed by atoms with van der Waals surface area (Å²) >= 11 is 0. The molecule has 9 atom stereocenters. The Morgan fingerprint density at radius 2 is 1.85 bits per heavy atom. The third kappa shape index (κ3) is 3.16. The number of carboxylic acids is 1. The minimum absolute atomic E-state index is 0.203. The molecule has 0 aromatic heterocycles. The molecule has 0 aromatic rings. The fourth-order valence-electron chi connectivity index (χ4n) is 8.08. The van der Waals surface area contributed by atoms with Crippen molar-refractivity contribution in [2.45, 2.75) is 97.4 Å². The lowest BCUT2D eigenvalue weighted by atomic mass is 9.44. The van der Waals surface area contributed by atoms with E-state index in [0.29, 0.717) is 29.6 Å². The molecular weight excluding hydrogens is 336 g/mol. The molecule has 3 nitrogen and oxygen atoms in total. The highest BCUT2D eigenvalue weighted by atomic mass is 16.4. The van der Waals surface area contributed by atoms with Gasteiger partial charge in [-0.1, -0.05) is 20.8 Å². The highest BCUT2D eigenvalue weighted by Crippen LogP contribution is 2.68. The third-order valence-corrected chi connectivity index (χ3v) is 9.48. The Labute approximate surface area is 170 Å². The number of aliphatic hydroxyl groups excluding tert-OH is 1. The summed E-state index contributed by atoms with van der Waals surface area (Å²) < 4.78 is 34.1. The number of hydrogen-bond acceptors (Lipinski definition) is 2. The van der Waals surface area contributed by atoms with E-state index in [-0.39, 0.29) is 24.2 Å². The van der Waals surface area contributed by atoms with Gasteiger partial charge < -0.3 is 10.2 Å². The van der Waals surface area contributed by atoms with Crippen LogP contribution in [-0.2, 0) is 4.79 Å². The van der Waals surface area contributed by atoms with Gasteiger partial charge in [0.1, 0.15) is 0 Å². The Morgan fingerprint density at radius 3 is 2.59 bits per heavy atom. The van der Waals surface area contributed by atoms with E-state index in [1.165, 1.54) is 0 Å². The molecule has 0 spiro atoms. The van der Waals surface area contributed by atoms with Crippen molar-refractivity contribution in [1.82, 2.24) is 0 Å². The van der Waals surface area contributed by atoms with Crippen LogP contribution < -0.4 is 0 Å². The van der Waals surface area contributed by atoms with E-state index >= 15 is 0 Å². The second-order valence-corrected chi connectivity index (χ2v) is 10.6. The maximum atomic E-state index is 11.1. The molecule has 0 amide bonds. The highest BCUT2D eigenvalue weighted by molar-refractivity contribution is 5.66. The van der Waals surface area contributed by atoms with Gasteiger partial charge in [0.25, 0.3) is 0 Å². The standard InChI is InChI=1S/C24H40O3/c1-15(4-9-22(26)27)19-7-8-20-18-6-5-16-14-17(25)10-12-23(16,2)21(18)11-13-24(19,20)3/h15-21,25H,4-14H2,1-3H3,(H,26,27)/t15?,16?,17?,18?,19?,20?,21?,23-,24+/m0/s1/i10D2,14D2. The quantitative estimate of drug-likeness (QED) is 0.676. The number of aliphatic hydroxyl groups is 1. The van der Waals surface area contributed by atoms with Crippen LogP contribution in [0.1, 0.15) is 96.8 Å². The van der Waals surface area contributed by atoms with Crippen LogP contribution in [-0.4, -0.2) is 22.3 Å². The molecular formula is C24H40O3. The second kappa shape index (κ2) is 7.04. The minimum Gasteiger partial charge on any atom is -0.481 e. The molecule has 2 N–H and O–H groups in total. The van der Waals surface area contributed by atoms with Crippen LogP contribution in [0, 0.1) is 46.3 Å². The number of hydrogen-bond donors (Lipinski definition) is 2. The number of carboxylic acid groups (broad SMARTS) is 1. The fourth-order valence-corrected chi connectivity index (χ4v) is 8.08. The summed E-state index contributed by atoms with van der Waals surface area (Å²) in [5.74, 6) is 1.26. The molecule has 0 radical (unpaired) electrons. The van der Waals surface area contributed by atoms with E-state index in [2.05, 4.69) is 20.8 Å². The smallest absolute Gasteiger partial charge is 0.303 e. The van der Waals surface area contributed by atoms with Crippen LogP contribution in [0.5, 0.6) is 0 Å². The van der Waals surface area contributed by atoms with Gasteiger partial charge in [-0.15, -0.1) is 0 Å². The summed E-state index contributed by atoms with van der Waals surface area (Å²) in [4.78, 5) is 11.1. The van der Waals surface area contributed by atoms with Gasteiger partial charge in [0.2, 0.25) is 0 Å². The lowest BCUT2D eigenvalue weighted by Crippen LogP contribution is -2.54. The summed E-state index contributed by atoms with van der Waals surface area (Å²) in [6, 6.07) is 0. The van der Waals surface area contributed by atoms with E-state index in [1.807, 2.05) is 0 Å². The van der Waals surface area contributed by atoms with Gasteiger partial charge in [-0.3, -0.25) is 4.79 Å². The van der Waals surface area contributed by atoms with Gasteiger partial charge in [0.05, 0.1) is 6.10 Å². The molecule has 4 aliphatic carbocycles. The van der Waals surface area contributed by atoms with Gasteiger partial charge in [-0.05, 0) is 110 Å². The molecule has 154 valence electrons. The first-order valence-electron chi connectivity index (χ1n) is 13.1. The van der Waals surface area contributed by atoms with Gasteiger partial charge in [-0.25, -0.2) is 0 Å². The lowest BCUT2D eigenvalue weighted by molar-refractivity contribution is -0.138. The SMILES string of the molecule is [2H]C1([2H])C[C@]2(C)C3CC[C@]4(C)C(C(C)CCC(=O)O)CCC4C3CCC2C([2H])([2H])C1O. The van der Waals surface area contributed by atoms with E-state index < -0.39 is 30.2 Å². The van der Waals surface area contributed by atoms with Crippen molar-refractivity contribution < 1.29 is 20.5 Å². The molecule has 0 heterocycles. The Morgan fingerprint density at radius 1 is 1.11 bits per heavy atom. The zero-order chi connectivity index (χ0) is 23.0. The second-order valence-electron chi connectivity index (χ2n) is 10.6. The average Bonchev–Trinajstić information content (AvgIpc) is 3.01. The van der Waals surface area contributed by atoms with Crippen LogP contribution in [0.4, 0.5) is 0 Å². The average molecular weight is 381 g/mol. The van der Waals surface area contributed by atoms with Crippen LogP contribution >= 0.6 is 0 Å². The molecule has 3 heteroatoms. The molecule has 0 saturated heterocycles. The van der Waals surface area contributed by atoms with Crippen molar-refractivity contribution >= 4 is 5.97 Å². The molecule has 0 bridgehead atoms. The van der Waals surface area contributed by atoms with Crippen LogP contribution in [0.15, 0.2) is 0 Å². The van der Waals surface area contributed by atoms with Gasteiger partial charge >= 0.3 is 5.97 Å². The number of carbonyl (C=O) groups is 1. The van der Waals surface area contributed by atoms with E-state index in [0.717, 1.165) is 44.9 Å². The zero-order valence-electron chi connectivity index (χ0n) is 21.2. The molecule has 0 aromatic carbocycles. The maximum absolute atomic E-state index is 11.1. The van der Waals surface area contributed by atoms with E-state index in [9.17, 15) is 9.90 Å². The van der Waals surface area contributed by atoms with Crippen molar-refractivity contribution in [3.8, 4) is 0 Å². The van der Waals surface area contributed by atoms with Crippen molar-refractivity contribution in [3.05, 3.63) is 0 Å². The molecule has 4 aliphatic rings. The number of aliphatic carboxylic acids is 1. The Bertz CT molecular complexity index is 728. The minimum atomic E-state index is -1.90. The molecule has 7 unspecified atom stereocenters. The van der Waals surface area contributed by atoms with Crippen LogP contribution in [0.2, 0.25) is 0 Å². The topological polar surface area (TPSA) is 57.5 Å². The normalized spacial score (nSPS) is 56.3. The van der Waals surface area contributed by atoms with Crippen molar-refractivity contribution in [1.29, 1.82) is 0 Å². The summed E-state index contributed by atoms with van der Waals surface area (Å²) in [6.45, 7) is 6.75. The zero-order valence-corrected chi connectivity index (χ0v) is 17.2. The molecule has 4 rings (SSSR count). The monoisotopic (exact) mass is 380 g/mol. The molecule has 0 aliphatic heterocycles. The summed E-state index contributed by atoms with van der Waals surface area (Å²) in [6.07, 6.45) is 1.91. The molecule has 27 heavy (non-hydrogen) atoms. The third-order valence-electron chi connectivity index (χ3n) is 9.48. The number of rotatable bonds is 4. The maximum Gasteiger partial charge on any atom is 0.303 e. The number of fused-ring (bicyclic) bond motifs is 5. The largest absolute Gasteiger partial charge is 0.481 e.